The Kier molecular flexibility index (Phi) is 4.30. The lowest BCUT2D eigenvalue weighted by molar-refractivity contribution is 0.118. The third-order valence-corrected chi connectivity index (χ3v) is 4.40. The van der Waals surface area contributed by atoms with Crippen molar-refractivity contribution in [1.82, 2.24) is 0 Å². The van der Waals surface area contributed by atoms with Gasteiger partial charge in [0.05, 0.1) is 12.1 Å². The van der Waals surface area contributed by atoms with E-state index in [2.05, 4.69) is 53.0 Å². The molecule has 1 aliphatic rings. The van der Waals surface area contributed by atoms with Gasteiger partial charge < -0.3 is 15.4 Å². The van der Waals surface area contributed by atoms with Crippen LogP contribution in [-0.4, -0.2) is 25.8 Å². The van der Waals surface area contributed by atoms with Crippen LogP contribution in [0, 0.1) is 0 Å². The number of anilines is 1. The number of nitrogens with two attached hydrogens (primary N) is 1. The first-order valence-electron chi connectivity index (χ1n) is 6.40. The summed E-state index contributed by atoms with van der Waals surface area (Å²) in [5, 5.41) is 0. The maximum atomic E-state index is 5.92. The third-order valence-electron chi connectivity index (χ3n) is 3.72. The first kappa shape index (κ1) is 13.8. The van der Waals surface area contributed by atoms with Crippen LogP contribution in [-0.2, 0) is 4.74 Å². The van der Waals surface area contributed by atoms with E-state index in [1.54, 1.807) is 0 Å². The maximum Gasteiger partial charge on any atom is 0.0750 e. The molecule has 0 amide bonds. The molecule has 0 bridgehead atoms. The van der Waals surface area contributed by atoms with Crippen LogP contribution in [0.25, 0.3) is 0 Å². The number of rotatable bonds is 3. The zero-order chi connectivity index (χ0) is 13.3. The lowest BCUT2D eigenvalue weighted by atomic mass is 10.1. The Balaban J connectivity index is 2.21. The Morgan fingerprint density at radius 1 is 1.50 bits per heavy atom. The average molecular weight is 313 g/mol. The molecule has 0 radical (unpaired) electrons. The molecule has 1 aromatic carbocycles. The summed E-state index contributed by atoms with van der Waals surface area (Å²) in [5.41, 5.74) is 8.27. The SMILES string of the molecule is CC1OCCC1N(C)c1ccc([C@H](C)N)c(Br)c1. The van der Waals surface area contributed by atoms with Crippen LogP contribution < -0.4 is 10.6 Å². The van der Waals surface area contributed by atoms with Crippen LogP contribution in [0.15, 0.2) is 22.7 Å². The van der Waals surface area contributed by atoms with Crippen molar-refractivity contribution >= 4 is 21.6 Å². The predicted molar refractivity (Wildman–Crippen MR) is 79.0 cm³/mol. The van der Waals surface area contributed by atoms with E-state index in [1.165, 1.54) is 5.69 Å². The van der Waals surface area contributed by atoms with Crippen molar-refractivity contribution < 1.29 is 4.74 Å². The van der Waals surface area contributed by atoms with Gasteiger partial charge in [0, 0.05) is 29.9 Å². The van der Waals surface area contributed by atoms with Crippen molar-refractivity contribution in [3.63, 3.8) is 0 Å². The minimum atomic E-state index is 0.0486. The predicted octanol–water partition coefficient (Wildman–Crippen LogP) is 3.08. The largest absolute Gasteiger partial charge is 0.376 e. The Morgan fingerprint density at radius 2 is 2.22 bits per heavy atom. The molecule has 1 saturated heterocycles. The van der Waals surface area contributed by atoms with Gasteiger partial charge in [0.25, 0.3) is 0 Å². The van der Waals surface area contributed by atoms with Crippen molar-refractivity contribution in [2.45, 2.75) is 38.5 Å². The summed E-state index contributed by atoms with van der Waals surface area (Å²) in [6.45, 7) is 4.99. The van der Waals surface area contributed by atoms with Gasteiger partial charge in [-0.15, -0.1) is 0 Å². The molecule has 1 heterocycles. The lowest BCUT2D eigenvalue weighted by Crippen LogP contribution is -2.36. The number of benzene rings is 1. The molecule has 0 spiro atoms. The van der Waals surface area contributed by atoms with E-state index in [9.17, 15) is 0 Å². The van der Waals surface area contributed by atoms with E-state index >= 15 is 0 Å². The Hall–Kier alpha value is -0.580. The van der Waals surface area contributed by atoms with Gasteiger partial charge in [-0.2, -0.15) is 0 Å². The third kappa shape index (κ3) is 2.71. The number of hydrogen-bond donors (Lipinski definition) is 1. The molecule has 3 nitrogen and oxygen atoms in total. The fourth-order valence-corrected chi connectivity index (χ4v) is 3.25. The van der Waals surface area contributed by atoms with Crippen molar-refractivity contribution in [1.29, 1.82) is 0 Å². The highest BCUT2D eigenvalue weighted by molar-refractivity contribution is 9.10. The van der Waals surface area contributed by atoms with E-state index in [4.69, 9.17) is 10.5 Å². The highest BCUT2D eigenvalue weighted by atomic mass is 79.9. The van der Waals surface area contributed by atoms with Crippen LogP contribution >= 0.6 is 15.9 Å². The van der Waals surface area contributed by atoms with Gasteiger partial charge in [0.2, 0.25) is 0 Å². The second-order valence-corrected chi connectivity index (χ2v) is 5.89. The second kappa shape index (κ2) is 5.59. The van der Waals surface area contributed by atoms with E-state index in [0.29, 0.717) is 12.1 Å². The van der Waals surface area contributed by atoms with Crippen LogP contribution in [0.3, 0.4) is 0 Å². The minimum Gasteiger partial charge on any atom is -0.376 e. The summed E-state index contributed by atoms with van der Waals surface area (Å²) < 4.78 is 6.70. The van der Waals surface area contributed by atoms with Gasteiger partial charge in [0.1, 0.15) is 0 Å². The molecule has 1 fully saturated rings. The summed E-state index contributed by atoms with van der Waals surface area (Å²) >= 11 is 3.60. The first-order chi connectivity index (χ1) is 8.50. The Morgan fingerprint density at radius 3 is 2.72 bits per heavy atom. The number of halogens is 1. The summed E-state index contributed by atoms with van der Waals surface area (Å²) in [6, 6.07) is 6.88. The van der Waals surface area contributed by atoms with E-state index < -0.39 is 0 Å². The highest BCUT2D eigenvalue weighted by Gasteiger charge is 2.28. The molecular weight excluding hydrogens is 292 g/mol. The second-order valence-electron chi connectivity index (χ2n) is 5.04. The molecule has 2 unspecified atom stereocenters. The van der Waals surface area contributed by atoms with Gasteiger partial charge in [-0.05, 0) is 38.0 Å². The first-order valence-corrected chi connectivity index (χ1v) is 7.19. The van der Waals surface area contributed by atoms with Crippen LogP contribution in [0.5, 0.6) is 0 Å². The van der Waals surface area contributed by atoms with Crippen molar-refractivity contribution in [3.05, 3.63) is 28.2 Å². The molecule has 3 atom stereocenters. The van der Waals surface area contributed by atoms with E-state index in [0.717, 1.165) is 23.1 Å². The maximum absolute atomic E-state index is 5.92. The number of nitrogens with zero attached hydrogens (tertiary/aromatic N) is 1. The summed E-state index contributed by atoms with van der Waals surface area (Å²) in [4.78, 5) is 2.30. The number of hydrogen-bond acceptors (Lipinski definition) is 3. The van der Waals surface area contributed by atoms with Gasteiger partial charge in [-0.3, -0.25) is 0 Å². The quantitative estimate of drug-likeness (QED) is 0.932. The van der Waals surface area contributed by atoms with Crippen LogP contribution in [0.1, 0.15) is 31.9 Å². The zero-order valence-corrected chi connectivity index (χ0v) is 12.8. The molecule has 0 aromatic heterocycles. The van der Waals surface area contributed by atoms with Crippen LogP contribution in [0.2, 0.25) is 0 Å². The molecule has 18 heavy (non-hydrogen) atoms. The average Bonchev–Trinajstić information content (AvgIpc) is 2.74. The Bertz CT molecular complexity index is 422. The minimum absolute atomic E-state index is 0.0486. The molecule has 0 saturated carbocycles. The molecule has 2 rings (SSSR count). The summed E-state index contributed by atoms with van der Waals surface area (Å²) in [7, 11) is 2.13. The number of ether oxygens (including phenoxy) is 1. The highest BCUT2D eigenvalue weighted by Crippen LogP contribution is 2.30. The molecule has 4 heteroatoms. The molecule has 100 valence electrons. The molecule has 2 N–H and O–H groups in total. The van der Waals surface area contributed by atoms with E-state index in [-0.39, 0.29) is 6.04 Å². The fourth-order valence-electron chi connectivity index (χ4n) is 2.53. The summed E-state index contributed by atoms with van der Waals surface area (Å²) in [5.74, 6) is 0. The normalized spacial score (nSPS) is 25.2. The van der Waals surface area contributed by atoms with Crippen molar-refractivity contribution in [2.24, 2.45) is 5.73 Å². The lowest BCUT2D eigenvalue weighted by Gasteiger charge is -2.29. The summed E-state index contributed by atoms with van der Waals surface area (Å²) in [6.07, 6.45) is 1.38. The van der Waals surface area contributed by atoms with Gasteiger partial charge in [-0.25, -0.2) is 0 Å². The van der Waals surface area contributed by atoms with Crippen LogP contribution in [0.4, 0.5) is 5.69 Å². The molecule has 1 aromatic rings. The number of likely N-dealkylation sites (N-methyl/N-ethyl adjacent to an activating group) is 1. The smallest absolute Gasteiger partial charge is 0.0750 e. The van der Waals surface area contributed by atoms with Gasteiger partial charge in [0.15, 0.2) is 0 Å². The molecule has 1 aliphatic heterocycles. The van der Waals surface area contributed by atoms with E-state index in [1.807, 2.05) is 6.92 Å². The fraction of sp³-hybridized carbons (Fsp3) is 0.571. The standard InChI is InChI=1S/C14H21BrN2O/c1-9(16)12-5-4-11(8-13(12)15)17(3)14-6-7-18-10(14)2/h4-5,8-10,14H,6-7,16H2,1-3H3/t9-,10?,14?/m0/s1. The Labute approximate surface area is 117 Å². The van der Waals surface area contributed by atoms with Crippen molar-refractivity contribution in [3.8, 4) is 0 Å². The monoisotopic (exact) mass is 312 g/mol. The zero-order valence-electron chi connectivity index (χ0n) is 11.2. The topological polar surface area (TPSA) is 38.5 Å². The molecule has 0 aliphatic carbocycles. The van der Waals surface area contributed by atoms with Crippen molar-refractivity contribution in [2.75, 3.05) is 18.6 Å². The molecular formula is C14H21BrN2O. The van der Waals surface area contributed by atoms with Gasteiger partial charge >= 0.3 is 0 Å². The van der Waals surface area contributed by atoms with Gasteiger partial charge in [-0.1, -0.05) is 22.0 Å².